The van der Waals surface area contributed by atoms with Gasteiger partial charge in [0.05, 0.1) is 0 Å². The summed E-state index contributed by atoms with van der Waals surface area (Å²) in [6.07, 6.45) is 2.99. The van der Waals surface area contributed by atoms with E-state index in [1.54, 1.807) is 0 Å². The Morgan fingerprint density at radius 3 is 2.69 bits per heavy atom. The van der Waals surface area contributed by atoms with E-state index in [0.717, 1.165) is 17.0 Å². The lowest BCUT2D eigenvalue weighted by molar-refractivity contribution is 1.23. The number of rotatable bonds is 3. The minimum absolute atomic E-state index is 0.655. The normalized spacial score (nSPS) is 11.8. The number of hydrogen-bond donors (Lipinski definition) is 0. The van der Waals surface area contributed by atoms with E-state index in [-0.39, 0.29) is 0 Å². The molecule has 0 atom stereocenters. The van der Waals surface area contributed by atoms with Crippen LogP contribution in [0.3, 0.4) is 0 Å². The minimum atomic E-state index is 0.655. The molecule has 0 aliphatic rings. The topological polar surface area (TPSA) is 0 Å². The molecule has 0 spiro atoms. The quantitative estimate of drug-likeness (QED) is 0.656. The second-order valence-corrected chi connectivity index (χ2v) is 3.63. The summed E-state index contributed by atoms with van der Waals surface area (Å²) in [5, 5.41) is 0.797. The van der Waals surface area contributed by atoms with Gasteiger partial charge in [-0.25, -0.2) is 0 Å². The van der Waals surface area contributed by atoms with Gasteiger partial charge in [-0.1, -0.05) is 35.9 Å². The zero-order chi connectivity index (χ0) is 9.68. The molecule has 0 bridgehead atoms. The largest absolute Gasteiger partial charge is 0.126 e. The second-order valence-electron chi connectivity index (χ2n) is 2.84. The van der Waals surface area contributed by atoms with Crippen molar-refractivity contribution >= 4 is 28.8 Å². The molecule has 0 heterocycles. The van der Waals surface area contributed by atoms with E-state index in [1.807, 2.05) is 31.2 Å². The van der Waals surface area contributed by atoms with Crippen molar-refractivity contribution in [3.05, 3.63) is 40.9 Å². The lowest BCUT2D eigenvalue weighted by Crippen LogP contribution is -1.81. The lowest BCUT2D eigenvalue weighted by Gasteiger charge is -2.03. The number of hydrogen-bond acceptors (Lipinski definition) is 0. The Morgan fingerprint density at radius 1 is 1.38 bits per heavy atom. The van der Waals surface area contributed by atoms with E-state index >= 15 is 0 Å². The summed E-state index contributed by atoms with van der Waals surface area (Å²) in [6.45, 7) is 2.05. The van der Waals surface area contributed by atoms with Crippen LogP contribution >= 0.6 is 23.2 Å². The fourth-order valence-electron chi connectivity index (χ4n) is 1.16. The van der Waals surface area contributed by atoms with E-state index in [2.05, 4.69) is 6.08 Å². The Bertz CT molecular complexity index is 303. The predicted octanol–water partition coefficient (Wildman–Crippen LogP) is 4.37. The maximum Gasteiger partial charge on any atom is 0.0480 e. The van der Waals surface area contributed by atoms with Crippen LogP contribution in [0.5, 0.6) is 0 Å². The third kappa shape index (κ3) is 3.06. The summed E-state index contributed by atoms with van der Waals surface area (Å²) in [7, 11) is 0. The van der Waals surface area contributed by atoms with Gasteiger partial charge < -0.3 is 0 Å². The molecule has 70 valence electrons. The van der Waals surface area contributed by atoms with Gasteiger partial charge in [0.15, 0.2) is 0 Å². The Labute approximate surface area is 89.2 Å². The highest BCUT2D eigenvalue weighted by atomic mass is 35.5. The van der Waals surface area contributed by atoms with Crippen molar-refractivity contribution in [3.8, 4) is 0 Å². The minimum Gasteiger partial charge on any atom is -0.126 e. The zero-order valence-corrected chi connectivity index (χ0v) is 9.07. The highest BCUT2D eigenvalue weighted by Crippen LogP contribution is 2.23. The number of allylic oxidation sites excluding steroid dienone is 2. The molecule has 1 rings (SSSR count). The van der Waals surface area contributed by atoms with Crippen LogP contribution < -0.4 is 0 Å². The number of halogens is 2. The van der Waals surface area contributed by atoms with E-state index in [0.29, 0.717) is 5.88 Å². The predicted molar refractivity (Wildman–Crippen MR) is 60.4 cm³/mol. The van der Waals surface area contributed by atoms with Gasteiger partial charge in [0.2, 0.25) is 0 Å². The van der Waals surface area contributed by atoms with E-state index < -0.39 is 0 Å². The zero-order valence-electron chi connectivity index (χ0n) is 7.56. The first-order valence-electron chi connectivity index (χ1n) is 4.23. The van der Waals surface area contributed by atoms with Gasteiger partial charge in [-0.3, -0.25) is 0 Å². The van der Waals surface area contributed by atoms with Crippen LogP contribution in [-0.2, 0) is 0 Å². The fraction of sp³-hybridized carbons (Fsp3) is 0.273. The number of alkyl halides is 1. The SMILES string of the molecule is C/C(=C\CCCl)c1ccccc1Cl. The van der Waals surface area contributed by atoms with Crippen LogP contribution in [-0.4, -0.2) is 5.88 Å². The number of benzene rings is 1. The van der Waals surface area contributed by atoms with E-state index in [1.165, 1.54) is 5.57 Å². The van der Waals surface area contributed by atoms with Crippen molar-refractivity contribution in [1.29, 1.82) is 0 Å². The van der Waals surface area contributed by atoms with Crippen molar-refractivity contribution in [2.45, 2.75) is 13.3 Å². The molecule has 0 N–H and O–H groups in total. The second kappa shape index (κ2) is 5.31. The Kier molecular flexibility index (Phi) is 4.34. The summed E-state index contributed by atoms with van der Waals surface area (Å²) in [5.41, 5.74) is 2.28. The molecule has 0 unspecified atom stereocenters. The first-order valence-corrected chi connectivity index (χ1v) is 5.14. The summed E-state index contributed by atoms with van der Waals surface area (Å²) >= 11 is 11.6. The molecule has 0 saturated carbocycles. The van der Waals surface area contributed by atoms with Crippen molar-refractivity contribution in [2.75, 3.05) is 5.88 Å². The van der Waals surface area contributed by atoms with Gasteiger partial charge in [-0.05, 0) is 30.5 Å². The average Bonchev–Trinajstić information content (AvgIpc) is 2.15. The average molecular weight is 215 g/mol. The first-order chi connectivity index (χ1) is 6.25. The molecule has 0 aromatic heterocycles. The van der Waals surface area contributed by atoms with Crippen LogP contribution in [0.1, 0.15) is 18.9 Å². The Balaban J connectivity index is 2.88. The molecular formula is C11H12Cl2. The summed E-state index contributed by atoms with van der Waals surface area (Å²) in [5.74, 6) is 0.655. The maximum absolute atomic E-state index is 6.02. The molecule has 1 aromatic carbocycles. The lowest BCUT2D eigenvalue weighted by atomic mass is 10.1. The van der Waals surface area contributed by atoms with Crippen LogP contribution in [0.2, 0.25) is 5.02 Å². The highest BCUT2D eigenvalue weighted by Gasteiger charge is 1.99. The van der Waals surface area contributed by atoms with Gasteiger partial charge in [-0.15, -0.1) is 11.6 Å². The summed E-state index contributed by atoms with van der Waals surface area (Å²) in [6, 6.07) is 7.83. The molecule has 0 nitrogen and oxygen atoms in total. The molecular weight excluding hydrogens is 203 g/mol. The van der Waals surface area contributed by atoms with Crippen molar-refractivity contribution in [2.24, 2.45) is 0 Å². The summed E-state index contributed by atoms with van der Waals surface area (Å²) in [4.78, 5) is 0. The molecule has 2 heteroatoms. The smallest absolute Gasteiger partial charge is 0.0480 e. The monoisotopic (exact) mass is 214 g/mol. The van der Waals surface area contributed by atoms with Crippen LogP contribution in [0.4, 0.5) is 0 Å². The van der Waals surface area contributed by atoms with Gasteiger partial charge in [0.25, 0.3) is 0 Å². The standard InChI is InChI=1S/C11H12Cl2/c1-9(5-4-8-12)10-6-2-3-7-11(10)13/h2-3,5-7H,4,8H2,1H3/b9-5+. The maximum atomic E-state index is 6.02. The third-order valence-electron chi connectivity index (χ3n) is 1.86. The Hall–Kier alpha value is -0.460. The molecule has 0 aliphatic carbocycles. The molecule has 1 aromatic rings. The van der Waals surface area contributed by atoms with Gasteiger partial charge in [0, 0.05) is 10.9 Å². The third-order valence-corrected chi connectivity index (χ3v) is 2.41. The molecule has 0 fully saturated rings. The molecule has 0 radical (unpaired) electrons. The highest BCUT2D eigenvalue weighted by molar-refractivity contribution is 6.32. The van der Waals surface area contributed by atoms with Crippen LogP contribution in [0.15, 0.2) is 30.3 Å². The Morgan fingerprint density at radius 2 is 2.08 bits per heavy atom. The van der Waals surface area contributed by atoms with E-state index in [4.69, 9.17) is 23.2 Å². The molecule has 0 amide bonds. The van der Waals surface area contributed by atoms with Crippen molar-refractivity contribution < 1.29 is 0 Å². The summed E-state index contributed by atoms with van der Waals surface area (Å²) < 4.78 is 0. The van der Waals surface area contributed by atoms with Gasteiger partial charge in [0.1, 0.15) is 0 Å². The van der Waals surface area contributed by atoms with Crippen molar-refractivity contribution in [1.82, 2.24) is 0 Å². The fourth-order valence-corrected chi connectivity index (χ4v) is 1.56. The van der Waals surface area contributed by atoms with E-state index in [9.17, 15) is 0 Å². The van der Waals surface area contributed by atoms with Crippen molar-refractivity contribution in [3.63, 3.8) is 0 Å². The molecule has 0 aliphatic heterocycles. The molecule has 0 saturated heterocycles. The van der Waals surface area contributed by atoms with Gasteiger partial charge in [-0.2, -0.15) is 0 Å². The van der Waals surface area contributed by atoms with Gasteiger partial charge >= 0.3 is 0 Å². The first kappa shape index (κ1) is 10.6. The van der Waals surface area contributed by atoms with Crippen LogP contribution in [0.25, 0.3) is 5.57 Å². The molecule has 13 heavy (non-hydrogen) atoms. The van der Waals surface area contributed by atoms with Crippen LogP contribution in [0, 0.1) is 0 Å².